The number of hydrogen-bond acceptors (Lipinski definition) is 6. The maximum Gasteiger partial charge on any atom is 0.293 e. The topological polar surface area (TPSA) is 89.7 Å². The normalized spacial score (nSPS) is 14.6. The molecule has 1 aliphatic rings. The molecule has 7 nitrogen and oxygen atoms in total. The second-order valence-electron chi connectivity index (χ2n) is 7.47. The van der Waals surface area contributed by atoms with Crippen LogP contribution in [0.25, 0.3) is 6.08 Å². The number of thioether (sulfide) groups is 1. The van der Waals surface area contributed by atoms with E-state index in [1.54, 1.807) is 36.4 Å². The molecule has 0 atom stereocenters. The molecule has 0 N–H and O–H groups in total. The molecule has 9 heteroatoms. The van der Waals surface area contributed by atoms with Crippen molar-refractivity contribution in [2.45, 2.75) is 13.0 Å². The van der Waals surface area contributed by atoms with Crippen molar-refractivity contribution < 1.29 is 19.2 Å². The van der Waals surface area contributed by atoms with Crippen molar-refractivity contribution in [3.05, 3.63) is 109 Å². The second kappa shape index (κ2) is 10.7. The number of nitro groups is 1. The van der Waals surface area contributed by atoms with Crippen molar-refractivity contribution in [1.29, 1.82) is 0 Å². The molecule has 0 aromatic heterocycles. The minimum Gasteiger partial charge on any atom is -0.488 e. The molecule has 0 radical (unpaired) electrons. The van der Waals surface area contributed by atoms with E-state index in [0.29, 0.717) is 33.7 Å². The summed E-state index contributed by atoms with van der Waals surface area (Å²) in [6.45, 7) is 0.500. The summed E-state index contributed by atoms with van der Waals surface area (Å²) < 4.78 is 6.45. The lowest BCUT2D eigenvalue weighted by Gasteiger charge is -2.12. The summed E-state index contributed by atoms with van der Waals surface area (Å²) in [4.78, 5) is 37.3. The van der Waals surface area contributed by atoms with Crippen LogP contribution in [0.15, 0.2) is 82.2 Å². The summed E-state index contributed by atoms with van der Waals surface area (Å²) >= 11 is 4.40. The Kier molecular flexibility index (Phi) is 7.44. The predicted octanol–water partition coefficient (Wildman–Crippen LogP) is 6.22. The molecular weight excluding hydrogens is 520 g/mol. The van der Waals surface area contributed by atoms with E-state index in [4.69, 9.17) is 4.74 Å². The molecular formula is C25H19BrN2O5S. The number of non-ortho nitro benzene ring substituents is 1. The first kappa shape index (κ1) is 23.7. The standard InChI is InChI=1S/C25H19BrN2O5S/c26-21-14-18(9-10-22(21)33-16-19-7-4-8-20(13-19)28(31)32)15-23-24(29)27(25(30)34-23)12-11-17-5-2-1-3-6-17/h1-10,13-15H,11-12,16H2/b23-15-. The fourth-order valence-corrected chi connectivity index (χ4v) is 4.75. The maximum atomic E-state index is 12.8. The second-order valence-corrected chi connectivity index (χ2v) is 9.32. The fourth-order valence-electron chi connectivity index (χ4n) is 3.37. The van der Waals surface area contributed by atoms with Crippen LogP contribution in [0.5, 0.6) is 5.75 Å². The molecule has 172 valence electrons. The van der Waals surface area contributed by atoms with E-state index in [-0.39, 0.29) is 23.4 Å². The highest BCUT2D eigenvalue weighted by Gasteiger charge is 2.34. The third-order valence-electron chi connectivity index (χ3n) is 5.11. The molecule has 0 aliphatic carbocycles. The monoisotopic (exact) mass is 538 g/mol. The quantitative estimate of drug-likeness (QED) is 0.192. The van der Waals surface area contributed by atoms with Crippen molar-refractivity contribution in [2.24, 2.45) is 0 Å². The maximum absolute atomic E-state index is 12.8. The lowest BCUT2D eigenvalue weighted by Crippen LogP contribution is -2.30. The predicted molar refractivity (Wildman–Crippen MR) is 134 cm³/mol. The van der Waals surface area contributed by atoms with E-state index in [0.717, 1.165) is 22.9 Å². The average molecular weight is 539 g/mol. The van der Waals surface area contributed by atoms with Gasteiger partial charge in [-0.25, -0.2) is 0 Å². The van der Waals surface area contributed by atoms with E-state index in [9.17, 15) is 19.7 Å². The van der Waals surface area contributed by atoms with Gasteiger partial charge in [-0.1, -0.05) is 48.5 Å². The van der Waals surface area contributed by atoms with Crippen LogP contribution in [0.1, 0.15) is 16.7 Å². The molecule has 0 saturated carbocycles. The van der Waals surface area contributed by atoms with E-state index < -0.39 is 4.92 Å². The number of hydrogen-bond donors (Lipinski definition) is 0. The molecule has 3 aromatic carbocycles. The number of imide groups is 1. The van der Waals surface area contributed by atoms with Crippen molar-refractivity contribution in [1.82, 2.24) is 4.90 Å². The Labute approximate surface area is 208 Å². The highest BCUT2D eigenvalue weighted by atomic mass is 79.9. The summed E-state index contributed by atoms with van der Waals surface area (Å²) in [6, 6.07) is 21.3. The zero-order valence-electron chi connectivity index (χ0n) is 17.8. The van der Waals surface area contributed by atoms with Crippen LogP contribution in [-0.2, 0) is 17.8 Å². The summed E-state index contributed by atoms with van der Waals surface area (Å²) in [5, 5.41) is 10.7. The van der Waals surface area contributed by atoms with Crippen LogP contribution in [0.2, 0.25) is 0 Å². The van der Waals surface area contributed by atoms with Gasteiger partial charge in [0.05, 0.1) is 14.3 Å². The van der Waals surface area contributed by atoms with Gasteiger partial charge in [0.25, 0.3) is 16.8 Å². The van der Waals surface area contributed by atoms with Crippen molar-refractivity contribution in [3.8, 4) is 5.75 Å². The Hall–Kier alpha value is -3.43. The summed E-state index contributed by atoms with van der Waals surface area (Å²) in [7, 11) is 0. The first-order valence-corrected chi connectivity index (χ1v) is 12.0. The van der Waals surface area contributed by atoms with Gasteiger partial charge in [0.2, 0.25) is 0 Å². The van der Waals surface area contributed by atoms with Crippen LogP contribution in [0.4, 0.5) is 10.5 Å². The summed E-state index contributed by atoms with van der Waals surface area (Å²) in [5.74, 6) is 0.257. The number of amides is 2. The molecule has 34 heavy (non-hydrogen) atoms. The molecule has 1 aliphatic heterocycles. The number of carbonyl (C=O) groups excluding carboxylic acids is 2. The van der Waals surface area contributed by atoms with Gasteiger partial charge < -0.3 is 4.74 Å². The van der Waals surface area contributed by atoms with E-state index >= 15 is 0 Å². The number of ether oxygens (including phenoxy) is 1. The van der Waals surface area contributed by atoms with Crippen molar-refractivity contribution in [3.63, 3.8) is 0 Å². The third-order valence-corrected chi connectivity index (χ3v) is 6.64. The first-order chi connectivity index (χ1) is 16.4. The van der Waals surface area contributed by atoms with Crippen LogP contribution in [0.3, 0.4) is 0 Å². The third kappa shape index (κ3) is 5.73. The zero-order chi connectivity index (χ0) is 24.1. The molecule has 1 saturated heterocycles. The molecule has 3 aromatic rings. The number of nitrogens with zero attached hydrogens (tertiary/aromatic N) is 2. The van der Waals surface area contributed by atoms with Crippen LogP contribution in [0, 0.1) is 10.1 Å². The number of carbonyl (C=O) groups is 2. The average Bonchev–Trinajstić information content (AvgIpc) is 3.10. The largest absolute Gasteiger partial charge is 0.488 e. The minimum atomic E-state index is -0.447. The van der Waals surface area contributed by atoms with Gasteiger partial charge in [0, 0.05) is 18.7 Å². The molecule has 0 spiro atoms. The van der Waals surface area contributed by atoms with Gasteiger partial charge in [0.15, 0.2) is 0 Å². The number of benzene rings is 3. The molecule has 2 amide bonds. The van der Waals surface area contributed by atoms with Gasteiger partial charge in [-0.2, -0.15) is 0 Å². The fraction of sp³-hybridized carbons (Fsp3) is 0.120. The highest BCUT2D eigenvalue weighted by Crippen LogP contribution is 2.34. The molecule has 4 rings (SSSR count). The van der Waals surface area contributed by atoms with E-state index in [2.05, 4.69) is 15.9 Å². The summed E-state index contributed by atoms with van der Waals surface area (Å²) in [5.41, 5.74) is 2.49. The molecule has 0 bridgehead atoms. The van der Waals surface area contributed by atoms with Crippen molar-refractivity contribution >= 4 is 50.6 Å². The Balaban J connectivity index is 1.41. The lowest BCUT2D eigenvalue weighted by atomic mass is 10.1. The van der Waals surface area contributed by atoms with Gasteiger partial charge in [-0.15, -0.1) is 0 Å². The van der Waals surface area contributed by atoms with Gasteiger partial charge in [-0.05, 0) is 69.0 Å². The Bertz CT molecular complexity index is 1280. The smallest absolute Gasteiger partial charge is 0.293 e. The van der Waals surface area contributed by atoms with Gasteiger partial charge in [0.1, 0.15) is 12.4 Å². The zero-order valence-corrected chi connectivity index (χ0v) is 20.3. The highest BCUT2D eigenvalue weighted by molar-refractivity contribution is 9.10. The van der Waals surface area contributed by atoms with Crippen LogP contribution < -0.4 is 4.74 Å². The van der Waals surface area contributed by atoms with Crippen LogP contribution >= 0.6 is 27.7 Å². The van der Waals surface area contributed by atoms with E-state index in [1.165, 1.54) is 17.0 Å². The number of rotatable bonds is 8. The number of halogens is 1. The Morgan fingerprint density at radius 2 is 1.76 bits per heavy atom. The van der Waals surface area contributed by atoms with Crippen molar-refractivity contribution in [2.75, 3.05) is 6.54 Å². The SMILES string of the molecule is O=C1S/C(=C\c2ccc(OCc3cccc([N+](=O)[O-])c3)c(Br)c2)C(=O)N1CCc1ccccc1. The molecule has 1 fully saturated rings. The van der Waals surface area contributed by atoms with Gasteiger partial charge >= 0.3 is 0 Å². The summed E-state index contributed by atoms with van der Waals surface area (Å²) in [6.07, 6.45) is 2.29. The Morgan fingerprint density at radius 3 is 2.50 bits per heavy atom. The molecule has 1 heterocycles. The number of nitro benzene ring substituents is 1. The van der Waals surface area contributed by atoms with Crippen LogP contribution in [-0.4, -0.2) is 27.5 Å². The minimum absolute atomic E-state index is 0.00762. The lowest BCUT2D eigenvalue weighted by molar-refractivity contribution is -0.384. The van der Waals surface area contributed by atoms with E-state index in [1.807, 2.05) is 30.3 Å². The Morgan fingerprint density at radius 1 is 1.00 bits per heavy atom. The molecule has 0 unspecified atom stereocenters. The van der Waals surface area contributed by atoms with Gasteiger partial charge in [-0.3, -0.25) is 24.6 Å². The first-order valence-electron chi connectivity index (χ1n) is 10.4.